The number of carbonyl (C=O) groups is 4. The zero-order chi connectivity index (χ0) is 22.6. The van der Waals surface area contributed by atoms with Crippen molar-refractivity contribution in [3.63, 3.8) is 0 Å². The molecular weight excluding hydrogens is 424 g/mol. The Morgan fingerprint density at radius 1 is 1.10 bits per heavy atom. The number of sulfone groups is 1. The lowest BCUT2D eigenvalue weighted by Gasteiger charge is -2.29. The third-order valence-corrected chi connectivity index (χ3v) is 7.56. The van der Waals surface area contributed by atoms with E-state index in [4.69, 9.17) is 5.11 Å². The topological polar surface area (TPSA) is 138 Å². The average Bonchev–Trinajstić information content (AvgIpc) is 3.03. The minimum absolute atomic E-state index is 0.0189. The third-order valence-electron chi connectivity index (χ3n) is 5.68. The van der Waals surface area contributed by atoms with Gasteiger partial charge in [0.05, 0.1) is 10.6 Å². The van der Waals surface area contributed by atoms with E-state index in [1.807, 2.05) is 0 Å². The van der Waals surface area contributed by atoms with E-state index in [9.17, 15) is 27.6 Å². The Morgan fingerprint density at radius 3 is 2.52 bits per heavy atom. The van der Waals surface area contributed by atoms with Gasteiger partial charge in [0.1, 0.15) is 6.04 Å². The number of piperidine rings is 1. The molecule has 2 heterocycles. The van der Waals surface area contributed by atoms with Crippen molar-refractivity contribution in [2.75, 3.05) is 5.75 Å². The average molecular weight is 451 g/mol. The summed E-state index contributed by atoms with van der Waals surface area (Å²) in [6.45, 7) is 0.0189. The fourth-order valence-corrected chi connectivity index (χ4v) is 5.70. The molecule has 1 fully saturated rings. The maximum atomic E-state index is 12.9. The Kier molecular flexibility index (Phi) is 7.09. The Hall–Kier alpha value is -2.75. The molecule has 10 heteroatoms. The van der Waals surface area contributed by atoms with E-state index in [-0.39, 0.29) is 47.9 Å². The van der Waals surface area contributed by atoms with Gasteiger partial charge in [-0.25, -0.2) is 8.42 Å². The van der Waals surface area contributed by atoms with Crippen LogP contribution in [0.25, 0.3) is 0 Å². The van der Waals surface area contributed by atoms with Crippen LogP contribution in [0.5, 0.6) is 0 Å². The molecule has 0 radical (unpaired) electrons. The summed E-state index contributed by atoms with van der Waals surface area (Å²) in [6.07, 6.45) is 3.67. The first-order valence-corrected chi connectivity index (χ1v) is 12.1. The van der Waals surface area contributed by atoms with Crippen LogP contribution in [0.3, 0.4) is 0 Å². The van der Waals surface area contributed by atoms with E-state index in [0.717, 1.165) is 12.8 Å². The van der Waals surface area contributed by atoms with Gasteiger partial charge in [-0.2, -0.15) is 0 Å². The molecule has 2 aliphatic rings. The second kappa shape index (κ2) is 9.59. The first-order chi connectivity index (χ1) is 14.7. The molecule has 31 heavy (non-hydrogen) atoms. The van der Waals surface area contributed by atoms with Gasteiger partial charge >= 0.3 is 5.97 Å². The predicted octanol–water partition coefficient (Wildman–Crippen LogP) is 1.65. The number of rotatable bonds is 10. The highest BCUT2D eigenvalue weighted by Gasteiger charge is 2.40. The minimum Gasteiger partial charge on any atom is -0.481 e. The van der Waals surface area contributed by atoms with Crippen molar-refractivity contribution in [2.45, 2.75) is 68.8 Å². The van der Waals surface area contributed by atoms with Crippen LogP contribution >= 0.6 is 0 Å². The molecule has 0 aromatic heterocycles. The highest BCUT2D eigenvalue weighted by atomic mass is 32.2. The summed E-state index contributed by atoms with van der Waals surface area (Å²) in [7, 11) is -3.62. The summed E-state index contributed by atoms with van der Waals surface area (Å²) < 4.78 is 25.9. The molecule has 168 valence electrons. The summed E-state index contributed by atoms with van der Waals surface area (Å²) >= 11 is 0. The van der Waals surface area contributed by atoms with Crippen LogP contribution in [-0.2, 0) is 30.8 Å². The van der Waals surface area contributed by atoms with Crippen LogP contribution in [0.1, 0.15) is 67.3 Å². The van der Waals surface area contributed by atoms with Crippen LogP contribution in [-0.4, -0.2) is 53.9 Å². The molecule has 1 aromatic rings. The number of hydrogen-bond donors (Lipinski definition) is 2. The number of fused-ring (bicyclic) bond motifs is 1. The summed E-state index contributed by atoms with van der Waals surface area (Å²) in [5.74, 6) is -2.21. The Balaban J connectivity index is 1.65. The van der Waals surface area contributed by atoms with E-state index in [0.29, 0.717) is 24.8 Å². The Labute approximate surface area is 180 Å². The van der Waals surface area contributed by atoms with Gasteiger partial charge in [0.15, 0.2) is 9.84 Å². The Morgan fingerprint density at radius 2 is 1.81 bits per heavy atom. The molecule has 0 saturated carbocycles. The number of benzene rings is 1. The zero-order valence-electron chi connectivity index (χ0n) is 17.1. The molecule has 0 spiro atoms. The van der Waals surface area contributed by atoms with E-state index >= 15 is 0 Å². The molecule has 0 aliphatic carbocycles. The van der Waals surface area contributed by atoms with Crippen molar-refractivity contribution in [1.82, 2.24) is 10.2 Å². The van der Waals surface area contributed by atoms with Gasteiger partial charge in [-0.1, -0.05) is 25.3 Å². The van der Waals surface area contributed by atoms with Gasteiger partial charge in [-0.3, -0.25) is 24.5 Å². The van der Waals surface area contributed by atoms with Crippen LogP contribution in [0.4, 0.5) is 0 Å². The van der Waals surface area contributed by atoms with E-state index < -0.39 is 33.7 Å². The maximum absolute atomic E-state index is 12.9. The number of unbranched alkanes of at least 4 members (excludes halogenated alkanes) is 4. The van der Waals surface area contributed by atoms with E-state index in [1.54, 1.807) is 6.07 Å². The van der Waals surface area contributed by atoms with Gasteiger partial charge in [0.2, 0.25) is 11.8 Å². The number of hydrogen-bond acceptors (Lipinski definition) is 6. The molecule has 3 amide bonds. The number of carbonyl (C=O) groups excluding carboxylic acids is 3. The van der Waals surface area contributed by atoms with Gasteiger partial charge in [-0.15, -0.1) is 0 Å². The second-order valence-corrected chi connectivity index (χ2v) is 9.99. The largest absolute Gasteiger partial charge is 0.481 e. The molecule has 1 aromatic carbocycles. The number of nitrogens with one attached hydrogen (secondary N) is 1. The molecule has 0 bridgehead atoms. The molecule has 9 nitrogen and oxygen atoms in total. The summed E-state index contributed by atoms with van der Waals surface area (Å²) in [5.41, 5.74) is 0.679. The molecule has 1 unspecified atom stereocenters. The lowest BCUT2D eigenvalue weighted by molar-refractivity contribution is -0.138. The molecule has 1 atom stereocenters. The summed E-state index contributed by atoms with van der Waals surface area (Å²) in [5, 5.41) is 10.9. The first-order valence-electron chi connectivity index (χ1n) is 10.4. The highest BCUT2D eigenvalue weighted by Crippen LogP contribution is 2.32. The summed E-state index contributed by atoms with van der Waals surface area (Å²) in [6, 6.07) is 3.79. The summed E-state index contributed by atoms with van der Waals surface area (Å²) in [4.78, 5) is 48.4. The standard InChI is InChI=1S/C21H26N2O7S/c24-18-11-10-16(20(27)22-18)23-13-15-14(21(23)28)7-6-8-17(15)31(29,30)12-5-3-1-2-4-9-19(25)26/h6-8,16H,1-5,9-13H2,(H,25,26)(H,22,24,27). The highest BCUT2D eigenvalue weighted by molar-refractivity contribution is 7.91. The van der Waals surface area contributed by atoms with Crippen molar-refractivity contribution in [3.8, 4) is 0 Å². The van der Waals surface area contributed by atoms with Crippen molar-refractivity contribution in [2.24, 2.45) is 0 Å². The number of imide groups is 1. The van der Waals surface area contributed by atoms with Gasteiger partial charge in [0, 0.05) is 30.5 Å². The fourth-order valence-electron chi connectivity index (χ4n) is 4.06. The number of aliphatic carboxylic acids is 1. The minimum atomic E-state index is -3.62. The second-order valence-electron chi connectivity index (χ2n) is 7.91. The lowest BCUT2D eigenvalue weighted by Crippen LogP contribution is -2.52. The Bertz CT molecular complexity index is 1000. The van der Waals surface area contributed by atoms with Crippen LogP contribution < -0.4 is 5.32 Å². The number of carboxylic acids is 1. The van der Waals surface area contributed by atoms with Crippen molar-refractivity contribution in [1.29, 1.82) is 0 Å². The maximum Gasteiger partial charge on any atom is 0.303 e. The van der Waals surface area contributed by atoms with Crippen molar-refractivity contribution in [3.05, 3.63) is 29.3 Å². The number of carboxylic acid groups (broad SMARTS) is 1. The molecule has 2 N–H and O–H groups in total. The smallest absolute Gasteiger partial charge is 0.303 e. The quantitative estimate of drug-likeness (QED) is 0.408. The molecule has 1 saturated heterocycles. The van der Waals surface area contributed by atoms with Crippen LogP contribution in [0.15, 0.2) is 23.1 Å². The molecule has 2 aliphatic heterocycles. The lowest BCUT2D eigenvalue weighted by atomic mass is 10.0. The predicted molar refractivity (Wildman–Crippen MR) is 110 cm³/mol. The van der Waals surface area contributed by atoms with Gasteiger partial charge < -0.3 is 10.0 Å². The van der Waals surface area contributed by atoms with E-state index in [2.05, 4.69) is 5.32 Å². The SMILES string of the molecule is O=C(O)CCCCCCCS(=O)(=O)c1cccc2c1CN(C1CCC(=O)NC1=O)C2=O. The molecular formula is C21H26N2O7S. The third kappa shape index (κ3) is 5.30. The van der Waals surface area contributed by atoms with Gasteiger partial charge in [0.25, 0.3) is 5.91 Å². The van der Waals surface area contributed by atoms with Crippen LogP contribution in [0, 0.1) is 0 Å². The van der Waals surface area contributed by atoms with Gasteiger partial charge in [-0.05, 0) is 31.4 Å². The van der Waals surface area contributed by atoms with Crippen molar-refractivity contribution >= 4 is 33.5 Å². The number of nitrogens with zero attached hydrogens (tertiary/aromatic N) is 1. The first kappa shape index (κ1) is 22.9. The van der Waals surface area contributed by atoms with Crippen LogP contribution in [0.2, 0.25) is 0 Å². The van der Waals surface area contributed by atoms with Crippen molar-refractivity contribution < 1.29 is 32.7 Å². The number of amides is 3. The fraction of sp³-hybridized carbons (Fsp3) is 0.524. The molecule has 3 rings (SSSR count). The van der Waals surface area contributed by atoms with E-state index in [1.165, 1.54) is 17.0 Å². The zero-order valence-corrected chi connectivity index (χ0v) is 17.9. The monoisotopic (exact) mass is 450 g/mol. The normalized spacial score (nSPS) is 18.8.